The fourth-order valence-corrected chi connectivity index (χ4v) is 2.99. The molecule has 0 radical (unpaired) electrons. The molecule has 1 aromatic carbocycles. The number of amides is 1. The molecular weight excluding hydrogens is 342 g/mol. The maximum Gasteiger partial charge on any atom is 0.245 e. The summed E-state index contributed by atoms with van der Waals surface area (Å²) in [6.45, 7) is 0.496. The van der Waals surface area contributed by atoms with Gasteiger partial charge in [-0.3, -0.25) is 4.79 Å². The average molecular weight is 361 g/mol. The van der Waals surface area contributed by atoms with Crippen LogP contribution in [-0.2, 0) is 17.6 Å². The Bertz CT molecular complexity index is 978. The molecule has 1 unspecified atom stereocenters. The van der Waals surface area contributed by atoms with Crippen LogP contribution in [0.25, 0.3) is 5.65 Å². The average Bonchev–Trinajstić information content (AvgIpc) is 3.36. The second kappa shape index (κ2) is 7.77. The van der Waals surface area contributed by atoms with E-state index in [4.69, 9.17) is 0 Å². The van der Waals surface area contributed by atoms with E-state index in [1.165, 1.54) is 11.0 Å². The van der Waals surface area contributed by atoms with Crippen molar-refractivity contribution in [3.63, 3.8) is 0 Å². The third-order valence-corrected chi connectivity index (χ3v) is 4.35. The highest BCUT2D eigenvalue weighted by atomic mass is 16.2. The lowest BCUT2D eigenvalue weighted by Crippen LogP contribution is -2.35. The quantitative estimate of drug-likeness (QED) is 0.538. The Kier molecular flexibility index (Phi) is 4.86. The first-order chi connectivity index (χ1) is 13.3. The normalized spacial score (nSPS) is 12.1. The fraction of sp³-hybridized carbons (Fsp3) is 0.211. The number of pyridine rings is 1. The lowest BCUT2D eigenvalue weighted by Gasteiger charge is -2.16. The van der Waals surface area contributed by atoms with Crippen molar-refractivity contribution in [2.24, 2.45) is 0 Å². The van der Waals surface area contributed by atoms with Crippen molar-refractivity contribution in [1.29, 1.82) is 0 Å². The lowest BCUT2D eigenvalue weighted by molar-refractivity contribution is -0.124. The predicted octanol–water partition coefficient (Wildman–Crippen LogP) is 1.46. The summed E-state index contributed by atoms with van der Waals surface area (Å²) in [7, 11) is 0. The van der Waals surface area contributed by atoms with Gasteiger partial charge in [0.2, 0.25) is 5.91 Å². The molecule has 8 heteroatoms. The van der Waals surface area contributed by atoms with Crippen molar-refractivity contribution in [1.82, 2.24) is 34.9 Å². The van der Waals surface area contributed by atoms with Crippen LogP contribution in [0.15, 0.2) is 67.3 Å². The minimum Gasteiger partial charge on any atom is -0.354 e. The number of imidazole rings is 1. The molecule has 1 N–H and O–H groups in total. The monoisotopic (exact) mass is 361 g/mol. The second-order valence-corrected chi connectivity index (χ2v) is 6.23. The van der Waals surface area contributed by atoms with Crippen LogP contribution in [0.1, 0.15) is 17.3 Å². The van der Waals surface area contributed by atoms with Gasteiger partial charge in [0.1, 0.15) is 18.0 Å². The maximum absolute atomic E-state index is 12.8. The number of benzene rings is 1. The number of nitrogens with zero attached hydrogens (tertiary/aromatic N) is 6. The third-order valence-electron chi connectivity index (χ3n) is 4.35. The van der Waals surface area contributed by atoms with E-state index < -0.39 is 6.04 Å². The number of hydrogen-bond acceptors (Lipinski definition) is 5. The van der Waals surface area contributed by atoms with Gasteiger partial charge in [-0.1, -0.05) is 36.4 Å². The molecule has 0 spiro atoms. The van der Waals surface area contributed by atoms with Gasteiger partial charge >= 0.3 is 0 Å². The molecule has 0 saturated carbocycles. The van der Waals surface area contributed by atoms with Crippen LogP contribution in [0, 0.1) is 0 Å². The largest absolute Gasteiger partial charge is 0.354 e. The Morgan fingerprint density at radius 3 is 2.74 bits per heavy atom. The van der Waals surface area contributed by atoms with Gasteiger partial charge in [0.25, 0.3) is 0 Å². The van der Waals surface area contributed by atoms with Gasteiger partial charge in [-0.25, -0.2) is 9.67 Å². The summed E-state index contributed by atoms with van der Waals surface area (Å²) in [6, 6.07) is 15.2. The lowest BCUT2D eigenvalue weighted by atomic mass is 10.1. The van der Waals surface area contributed by atoms with Gasteiger partial charge in [0.05, 0.1) is 5.69 Å². The zero-order valence-electron chi connectivity index (χ0n) is 14.6. The molecule has 3 aromatic heterocycles. The van der Waals surface area contributed by atoms with E-state index in [-0.39, 0.29) is 5.91 Å². The number of nitrogens with one attached hydrogen (secondary N) is 1. The van der Waals surface area contributed by atoms with E-state index in [9.17, 15) is 4.79 Å². The number of fused-ring (bicyclic) bond motifs is 1. The molecule has 0 saturated heterocycles. The van der Waals surface area contributed by atoms with Crippen molar-refractivity contribution >= 4 is 11.6 Å². The van der Waals surface area contributed by atoms with Crippen LogP contribution < -0.4 is 5.32 Å². The SMILES string of the molecule is O=C(NCCc1cn2ccccc2n1)C(Cc1ccccc1)n1cnnn1. The van der Waals surface area contributed by atoms with Crippen LogP contribution >= 0.6 is 0 Å². The number of tetrazole rings is 1. The van der Waals surface area contributed by atoms with E-state index in [1.807, 2.05) is 65.3 Å². The van der Waals surface area contributed by atoms with E-state index in [2.05, 4.69) is 25.8 Å². The van der Waals surface area contributed by atoms with Crippen molar-refractivity contribution in [3.05, 3.63) is 78.5 Å². The Morgan fingerprint density at radius 1 is 1.11 bits per heavy atom. The molecule has 0 aliphatic heterocycles. The van der Waals surface area contributed by atoms with Gasteiger partial charge in [-0.05, 0) is 28.1 Å². The van der Waals surface area contributed by atoms with Gasteiger partial charge < -0.3 is 9.72 Å². The molecule has 136 valence electrons. The summed E-state index contributed by atoms with van der Waals surface area (Å²) >= 11 is 0. The summed E-state index contributed by atoms with van der Waals surface area (Å²) in [5.41, 5.74) is 2.88. The number of carbonyl (C=O) groups is 1. The van der Waals surface area contributed by atoms with Crippen molar-refractivity contribution in [2.75, 3.05) is 6.54 Å². The Morgan fingerprint density at radius 2 is 1.96 bits per heavy atom. The van der Waals surface area contributed by atoms with E-state index in [0.717, 1.165) is 16.9 Å². The topological polar surface area (TPSA) is 90.0 Å². The van der Waals surface area contributed by atoms with Gasteiger partial charge in [-0.2, -0.15) is 0 Å². The summed E-state index contributed by atoms with van der Waals surface area (Å²) in [4.78, 5) is 17.3. The number of aromatic nitrogens is 6. The maximum atomic E-state index is 12.8. The smallest absolute Gasteiger partial charge is 0.245 e. The third kappa shape index (κ3) is 4.00. The van der Waals surface area contributed by atoms with Crippen molar-refractivity contribution in [2.45, 2.75) is 18.9 Å². The Balaban J connectivity index is 1.40. The molecule has 0 aliphatic rings. The van der Waals surface area contributed by atoms with Crippen molar-refractivity contribution < 1.29 is 4.79 Å². The van der Waals surface area contributed by atoms with Crippen LogP contribution in [0.2, 0.25) is 0 Å². The zero-order valence-corrected chi connectivity index (χ0v) is 14.6. The van der Waals surface area contributed by atoms with E-state index in [1.54, 1.807) is 0 Å². The van der Waals surface area contributed by atoms with Crippen LogP contribution in [0.3, 0.4) is 0 Å². The first kappa shape index (κ1) is 16.9. The first-order valence-electron chi connectivity index (χ1n) is 8.76. The highest BCUT2D eigenvalue weighted by Crippen LogP contribution is 2.13. The first-order valence-corrected chi connectivity index (χ1v) is 8.76. The zero-order chi connectivity index (χ0) is 18.5. The van der Waals surface area contributed by atoms with Crippen LogP contribution in [0.5, 0.6) is 0 Å². The van der Waals surface area contributed by atoms with E-state index in [0.29, 0.717) is 19.4 Å². The molecule has 3 heterocycles. The molecule has 1 amide bonds. The Hall–Kier alpha value is -3.55. The molecule has 8 nitrogen and oxygen atoms in total. The molecule has 4 rings (SSSR count). The van der Waals surface area contributed by atoms with Crippen LogP contribution in [0.4, 0.5) is 0 Å². The van der Waals surface area contributed by atoms with Gasteiger partial charge in [0, 0.05) is 31.8 Å². The van der Waals surface area contributed by atoms with Gasteiger partial charge in [0.15, 0.2) is 0 Å². The highest BCUT2D eigenvalue weighted by Gasteiger charge is 2.22. The molecule has 1 atom stereocenters. The summed E-state index contributed by atoms with van der Waals surface area (Å²) in [5, 5.41) is 14.2. The fourth-order valence-electron chi connectivity index (χ4n) is 2.99. The molecule has 0 bridgehead atoms. The van der Waals surface area contributed by atoms with E-state index >= 15 is 0 Å². The van der Waals surface area contributed by atoms with Gasteiger partial charge in [-0.15, -0.1) is 5.10 Å². The Labute approximate surface area is 155 Å². The molecule has 0 aliphatic carbocycles. The summed E-state index contributed by atoms with van der Waals surface area (Å²) in [6.07, 6.45) is 6.57. The highest BCUT2D eigenvalue weighted by molar-refractivity contribution is 5.80. The number of carbonyl (C=O) groups excluding carboxylic acids is 1. The molecule has 27 heavy (non-hydrogen) atoms. The minimum absolute atomic E-state index is 0.116. The summed E-state index contributed by atoms with van der Waals surface area (Å²) in [5.74, 6) is -0.116. The summed E-state index contributed by atoms with van der Waals surface area (Å²) < 4.78 is 3.46. The number of rotatable bonds is 7. The molecule has 0 fully saturated rings. The molecular formula is C19H19N7O. The predicted molar refractivity (Wildman–Crippen MR) is 98.9 cm³/mol. The molecule has 4 aromatic rings. The van der Waals surface area contributed by atoms with Crippen LogP contribution in [-0.4, -0.2) is 42.0 Å². The second-order valence-electron chi connectivity index (χ2n) is 6.23. The standard InChI is InChI=1S/C19H19N7O/c27-19(20-10-9-16-13-25-11-5-4-8-18(25)22-16)17(26-14-21-23-24-26)12-15-6-2-1-3-7-15/h1-8,11,13-14,17H,9-10,12H2,(H,20,27). The minimum atomic E-state index is -0.497. The number of hydrogen-bond donors (Lipinski definition) is 1. The van der Waals surface area contributed by atoms with Crippen molar-refractivity contribution in [3.8, 4) is 0 Å².